The number of alkyl halides is 3. The van der Waals surface area contributed by atoms with E-state index < -0.39 is 17.8 Å². The van der Waals surface area contributed by atoms with Crippen molar-refractivity contribution in [2.45, 2.75) is 25.4 Å². The summed E-state index contributed by atoms with van der Waals surface area (Å²) in [5.74, 6) is 1.73. The van der Waals surface area contributed by atoms with Gasteiger partial charge in [0.05, 0.1) is 5.56 Å². The van der Waals surface area contributed by atoms with Gasteiger partial charge in [0.15, 0.2) is 0 Å². The van der Waals surface area contributed by atoms with E-state index in [0.29, 0.717) is 36.6 Å². The number of aryl methyl sites for hydroxylation is 1. The van der Waals surface area contributed by atoms with Gasteiger partial charge in [-0.25, -0.2) is 4.79 Å². The molecule has 3 aromatic carbocycles. The van der Waals surface area contributed by atoms with Gasteiger partial charge in [-0.3, -0.25) is 0 Å². The lowest BCUT2D eigenvalue weighted by molar-refractivity contribution is -0.137. The molecule has 0 aromatic heterocycles. The summed E-state index contributed by atoms with van der Waals surface area (Å²) < 4.78 is 48.6. The SMILES string of the molecule is O=C(NCCCCc1ccc(C(F)(F)F)cc1)Oc1ccc(Oc2ccccc2)cc1. The average molecular weight is 429 g/mol. The van der Waals surface area contributed by atoms with Crippen molar-refractivity contribution in [2.24, 2.45) is 0 Å². The van der Waals surface area contributed by atoms with Gasteiger partial charge < -0.3 is 14.8 Å². The molecule has 0 spiro atoms. The maximum atomic E-state index is 12.6. The lowest BCUT2D eigenvalue weighted by Gasteiger charge is -2.09. The minimum atomic E-state index is -4.32. The summed E-state index contributed by atoms with van der Waals surface area (Å²) in [5, 5.41) is 2.66. The number of benzene rings is 3. The van der Waals surface area contributed by atoms with Gasteiger partial charge in [-0.15, -0.1) is 0 Å². The minimum absolute atomic E-state index is 0.391. The number of hydrogen-bond donors (Lipinski definition) is 1. The van der Waals surface area contributed by atoms with Gasteiger partial charge >= 0.3 is 12.3 Å². The van der Waals surface area contributed by atoms with E-state index in [1.54, 1.807) is 24.3 Å². The van der Waals surface area contributed by atoms with Gasteiger partial charge in [0.2, 0.25) is 0 Å². The third-order valence-electron chi connectivity index (χ3n) is 4.46. The normalized spacial score (nSPS) is 11.1. The summed E-state index contributed by atoms with van der Waals surface area (Å²) in [6.07, 6.45) is -2.83. The van der Waals surface area contributed by atoms with E-state index in [4.69, 9.17) is 9.47 Å². The Kier molecular flexibility index (Phi) is 7.54. The van der Waals surface area contributed by atoms with Crippen molar-refractivity contribution in [1.82, 2.24) is 5.32 Å². The molecule has 0 aliphatic rings. The number of rotatable bonds is 8. The Labute approximate surface area is 178 Å². The molecule has 0 radical (unpaired) electrons. The molecular formula is C24H22F3NO3. The first-order valence-corrected chi connectivity index (χ1v) is 9.85. The molecule has 0 atom stereocenters. The Morgan fingerprint density at radius 1 is 0.774 bits per heavy atom. The van der Waals surface area contributed by atoms with Gasteiger partial charge in [0.25, 0.3) is 0 Å². The van der Waals surface area contributed by atoms with Gasteiger partial charge in [-0.2, -0.15) is 13.2 Å². The predicted molar refractivity (Wildman–Crippen MR) is 111 cm³/mol. The van der Waals surface area contributed by atoms with Gasteiger partial charge in [0, 0.05) is 6.54 Å². The smallest absolute Gasteiger partial charge is 0.416 e. The van der Waals surface area contributed by atoms with Crippen molar-refractivity contribution in [3.05, 3.63) is 90.0 Å². The van der Waals surface area contributed by atoms with E-state index in [2.05, 4.69) is 5.32 Å². The number of ether oxygens (including phenoxy) is 2. The number of hydrogen-bond acceptors (Lipinski definition) is 3. The molecule has 0 aliphatic carbocycles. The standard InChI is InChI=1S/C24H22F3NO3/c25-24(26,27)19-11-9-18(10-12-19)6-4-5-17-28-23(29)31-22-15-13-21(14-16-22)30-20-7-2-1-3-8-20/h1-3,7-16H,4-6,17H2,(H,28,29). The fourth-order valence-electron chi connectivity index (χ4n) is 2.85. The number of amides is 1. The van der Waals surface area contributed by atoms with Crippen LogP contribution in [0.25, 0.3) is 0 Å². The topological polar surface area (TPSA) is 47.6 Å². The fourth-order valence-corrected chi connectivity index (χ4v) is 2.85. The second kappa shape index (κ2) is 10.5. The maximum absolute atomic E-state index is 12.6. The fraction of sp³-hybridized carbons (Fsp3) is 0.208. The zero-order chi connectivity index (χ0) is 22.1. The molecule has 31 heavy (non-hydrogen) atoms. The van der Waals surface area contributed by atoms with E-state index >= 15 is 0 Å². The van der Waals surface area contributed by atoms with Crippen LogP contribution >= 0.6 is 0 Å². The van der Waals surface area contributed by atoms with Crippen LogP contribution in [0, 0.1) is 0 Å². The number of unbranched alkanes of at least 4 members (excludes halogenated alkanes) is 1. The number of halogens is 3. The zero-order valence-corrected chi connectivity index (χ0v) is 16.7. The molecule has 0 aliphatic heterocycles. The van der Waals surface area contributed by atoms with Crippen molar-refractivity contribution in [3.63, 3.8) is 0 Å². The highest BCUT2D eigenvalue weighted by molar-refractivity contribution is 5.70. The van der Waals surface area contributed by atoms with Crippen molar-refractivity contribution in [2.75, 3.05) is 6.54 Å². The molecule has 0 heterocycles. The third-order valence-corrected chi connectivity index (χ3v) is 4.46. The molecule has 0 unspecified atom stereocenters. The number of carbonyl (C=O) groups is 1. The van der Waals surface area contributed by atoms with Crippen LogP contribution in [-0.2, 0) is 12.6 Å². The zero-order valence-electron chi connectivity index (χ0n) is 16.7. The molecule has 1 amide bonds. The van der Waals surface area contributed by atoms with Gasteiger partial charge in [0.1, 0.15) is 17.2 Å². The molecule has 3 aromatic rings. The quantitative estimate of drug-likeness (QED) is 0.410. The van der Waals surface area contributed by atoms with Gasteiger partial charge in [-0.1, -0.05) is 30.3 Å². The van der Waals surface area contributed by atoms with Crippen molar-refractivity contribution in [1.29, 1.82) is 0 Å². The van der Waals surface area contributed by atoms with Crippen LogP contribution in [0.3, 0.4) is 0 Å². The van der Waals surface area contributed by atoms with Crippen LogP contribution in [0.5, 0.6) is 17.2 Å². The highest BCUT2D eigenvalue weighted by Gasteiger charge is 2.29. The first kappa shape index (κ1) is 22.2. The van der Waals surface area contributed by atoms with Gasteiger partial charge in [-0.05, 0) is 73.4 Å². The molecule has 3 rings (SSSR count). The molecule has 162 valence electrons. The summed E-state index contributed by atoms with van der Waals surface area (Å²) in [6.45, 7) is 0.411. The highest BCUT2D eigenvalue weighted by Crippen LogP contribution is 2.29. The molecule has 0 fully saturated rings. The molecule has 7 heteroatoms. The van der Waals surface area contributed by atoms with E-state index in [1.807, 2.05) is 30.3 Å². The Balaban J connectivity index is 1.34. The second-order valence-electron chi connectivity index (χ2n) is 6.85. The van der Waals surface area contributed by atoms with E-state index in [-0.39, 0.29) is 0 Å². The summed E-state index contributed by atoms with van der Waals surface area (Å²) in [6, 6.07) is 21.2. The Morgan fingerprint density at radius 3 is 2.03 bits per heavy atom. The molecule has 4 nitrogen and oxygen atoms in total. The lowest BCUT2D eigenvalue weighted by atomic mass is 10.1. The summed E-state index contributed by atoms with van der Waals surface area (Å²) >= 11 is 0. The number of carbonyl (C=O) groups excluding carboxylic acids is 1. The monoisotopic (exact) mass is 429 g/mol. The molecule has 1 N–H and O–H groups in total. The first-order valence-electron chi connectivity index (χ1n) is 9.85. The molecule has 0 saturated heterocycles. The predicted octanol–water partition coefficient (Wildman–Crippen LogP) is 6.61. The van der Waals surface area contributed by atoms with Crippen LogP contribution in [0.15, 0.2) is 78.9 Å². The summed E-state index contributed by atoms with van der Waals surface area (Å²) in [7, 11) is 0. The van der Waals surface area contributed by atoms with Crippen LogP contribution in [0.1, 0.15) is 24.0 Å². The number of para-hydroxylation sites is 1. The Bertz CT molecular complexity index is 956. The van der Waals surface area contributed by atoms with E-state index in [0.717, 1.165) is 24.1 Å². The Hall–Kier alpha value is -3.48. The lowest BCUT2D eigenvalue weighted by Crippen LogP contribution is -2.27. The third kappa shape index (κ3) is 7.37. The van der Waals surface area contributed by atoms with Crippen molar-refractivity contribution in [3.8, 4) is 17.2 Å². The highest BCUT2D eigenvalue weighted by atomic mass is 19.4. The van der Waals surface area contributed by atoms with E-state index in [1.165, 1.54) is 12.1 Å². The van der Waals surface area contributed by atoms with Crippen molar-refractivity contribution >= 4 is 6.09 Å². The first-order chi connectivity index (χ1) is 14.9. The van der Waals surface area contributed by atoms with Crippen LogP contribution in [0.2, 0.25) is 0 Å². The molecule has 0 saturated carbocycles. The van der Waals surface area contributed by atoms with Crippen molar-refractivity contribution < 1.29 is 27.4 Å². The largest absolute Gasteiger partial charge is 0.457 e. The number of nitrogens with one attached hydrogen (secondary N) is 1. The summed E-state index contributed by atoms with van der Waals surface area (Å²) in [5.41, 5.74) is 0.175. The van der Waals surface area contributed by atoms with E-state index in [9.17, 15) is 18.0 Å². The van der Waals surface area contributed by atoms with Crippen LogP contribution in [0.4, 0.5) is 18.0 Å². The Morgan fingerprint density at radius 2 is 1.39 bits per heavy atom. The second-order valence-corrected chi connectivity index (χ2v) is 6.85. The van der Waals surface area contributed by atoms with Crippen LogP contribution in [-0.4, -0.2) is 12.6 Å². The average Bonchev–Trinajstić information content (AvgIpc) is 2.75. The summed E-state index contributed by atoms with van der Waals surface area (Å²) in [4.78, 5) is 11.9. The minimum Gasteiger partial charge on any atom is -0.457 e. The maximum Gasteiger partial charge on any atom is 0.416 e. The molecule has 0 bridgehead atoms. The molecular weight excluding hydrogens is 407 g/mol. The van der Waals surface area contributed by atoms with Crippen LogP contribution < -0.4 is 14.8 Å².